The van der Waals surface area contributed by atoms with Crippen molar-refractivity contribution in [1.29, 1.82) is 5.26 Å². The average molecular weight is 264 g/mol. The Morgan fingerprint density at radius 3 is 2.75 bits per heavy atom. The van der Waals surface area contributed by atoms with E-state index in [0.29, 0.717) is 17.8 Å². The van der Waals surface area contributed by atoms with Crippen molar-refractivity contribution in [2.24, 2.45) is 0 Å². The smallest absolute Gasteiger partial charge is 0.248 e. The van der Waals surface area contributed by atoms with Crippen LogP contribution in [-0.2, 0) is 11.2 Å². The number of hydrogen-bond donors (Lipinski definition) is 1. The lowest BCUT2D eigenvalue weighted by Gasteiger charge is -2.02. The molecule has 0 aliphatic carbocycles. The highest BCUT2D eigenvalue weighted by Gasteiger charge is 1.98. The van der Waals surface area contributed by atoms with Crippen LogP contribution in [0.5, 0.6) is 0 Å². The number of rotatable bonds is 4. The lowest BCUT2D eigenvalue weighted by molar-refractivity contribution is -0.111. The molecule has 5 nitrogen and oxygen atoms in total. The van der Waals surface area contributed by atoms with Crippen molar-refractivity contribution in [3.05, 3.63) is 60.2 Å². The van der Waals surface area contributed by atoms with Gasteiger partial charge in [0.2, 0.25) is 5.91 Å². The second kappa shape index (κ2) is 6.81. The maximum atomic E-state index is 11.7. The van der Waals surface area contributed by atoms with Crippen LogP contribution in [0.4, 0.5) is 5.69 Å². The lowest BCUT2D eigenvalue weighted by Crippen LogP contribution is -2.07. The van der Waals surface area contributed by atoms with Crippen molar-refractivity contribution in [1.82, 2.24) is 9.97 Å². The minimum absolute atomic E-state index is 0.247. The van der Waals surface area contributed by atoms with Gasteiger partial charge in [-0.15, -0.1) is 0 Å². The van der Waals surface area contributed by atoms with Gasteiger partial charge in [0.05, 0.1) is 24.4 Å². The number of carbonyl (C=O) groups is 1. The Balaban J connectivity index is 1.94. The second-order valence-electron chi connectivity index (χ2n) is 3.98. The fourth-order valence-electron chi connectivity index (χ4n) is 1.54. The van der Waals surface area contributed by atoms with Gasteiger partial charge in [0.1, 0.15) is 0 Å². The van der Waals surface area contributed by atoms with Crippen molar-refractivity contribution in [3.8, 4) is 6.07 Å². The Kier molecular flexibility index (Phi) is 4.57. The molecule has 0 aliphatic rings. The zero-order valence-corrected chi connectivity index (χ0v) is 10.7. The van der Waals surface area contributed by atoms with Gasteiger partial charge >= 0.3 is 0 Å². The van der Waals surface area contributed by atoms with E-state index >= 15 is 0 Å². The van der Waals surface area contributed by atoms with Gasteiger partial charge in [-0.1, -0.05) is 12.1 Å². The van der Waals surface area contributed by atoms with Gasteiger partial charge in [0.25, 0.3) is 0 Å². The zero-order chi connectivity index (χ0) is 14.2. The number of amides is 1. The minimum Gasteiger partial charge on any atom is -0.323 e. The molecule has 20 heavy (non-hydrogen) atoms. The van der Waals surface area contributed by atoms with Crippen LogP contribution in [0.1, 0.15) is 11.3 Å². The molecule has 1 aromatic carbocycles. The monoisotopic (exact) mass is 264 g/mol. The maximum absolute atomic E-state index is 11.7. The van der Waals surface area contributed by atoms with Gasteiger partial charge in [0.15, 0.2) is 0 Å². The molecular formula is C15H12N4O. The Morgan fingerprint density at radius 1 is 1.30 bits per heavy atom. The molecular weight excluding hydrogens is 252 g/mol. The normalized spacial score (nSPS) is 10.2. The highest BCUT2D eigenvalue weighted by atomic mass is 16.1. The van der Waals surface area contributed by atoms with E-state index in [9.17, 15) is 4.79 Å². The number of aromatic nitrogens is 2. The Bertz CT molecular complexity index is 642. The quantitative estimate of drug-likeness (QED) is 0.858. The van der Waals surface area contributed by atoms with E-state index in [4.69, 9.17) is 5.26 Å². The van der Waals surface area contributed by atoms with E-state index in [0.717, 1.165) is 5.56 Å². The van der Waals surface area contributed by atoms with Crippen LogP contribution < -0.4 is 5.32 Å². The summed E-state index contributed by atoms with van der Waals surface area (Å²) in [7, 11) is 0. The van der Waals surface area contributed by atoms with Crippen LogP contribution in [0.15, 0.2) is 48.9 Å². The van der Waals surface area contributed by atoms with Gasteiger partial charge < -0.3 is 5.32 Å². The first-order valence-electron chi connectivity index (χ1n) is 5.99. The molecule has 0 saturated heterocycles. The minimum atomic E-state index is -0.247. The van der Waals surface area contributed by atoms with E-state index in [2.05, 4.69) is 21.4 Å². The van der Waals surface area contributed by atoms with Crippen molar-refractivity contribution in [3.63, 3.8) is 0 Å². The number of nitrogens with one attached hydrogen (secondary N) is 1. The summed E-state index contributed by atoms with van der Waals surface area (Å²) in [6.45, 7) is 0. The van der Waals surface area contributed by atoms with Crippen LogP contribution >= 0.6 is 0 Å². The number of carbonyl (C=O) groups excluding carboxylic acids is 1. The third-order valence-corrected chi connectivity index (χ3v) is 2.49. The molecule has 1 aromatic heterocycles. The van der Waals surface area contributed by atoms with Gasteiger partial charge in [-0.05, 0) is 23.8 Å². The van der Waals surface area contributed by atoms with E-state index < -0.39 is 0 Å². The van der Waals surface area contributed by atoms with Crippen LogP contribution in [0.2, 0.25) is 0 Å². The number of nitrogens with zero attached hydrogens (tertiary/aromatic N) is 3. The fourth-order valence-corrected chi connectivity index (χ4v) is 1.54. The summed E-state index contributed by atoms with van der Waals surface area (Å²) in [6.07, 6.45) is 8.05. The van der Waals surface area contributed by atoms with Crippen molar-refractivity contribution in [2.75, 3.05) is 5.32 Å². The number of nitriles is 1. The molecule has 0 unspecified atom stereocenters. The SMILES string of the molecule is N#CCc1ccc(NC(=O)/C=C/c2cnccn2)cc1. The molecule has 0 radical (unpaired) electrons. The van der Waals surface area contributed by atoms with E-state index in [1.54, 1.807) is 36.8 Å². The maximum Gasteiger partial charge on any atom is 0.248 e. The van der Waals surface area contributed by atoms with Crippen LogP contribution in [0, 0.1) is 11.3 Å². The molecule has 0 aliphatic heterocycles. The molecule has 98 valence electrons. The molecule has 0 spiro atoms. The van der Waals surface area contributed by atoms with E-state index in [1.165, 1.54) is 6.08 Å². The number of hydrogen-bond acceptors (Lipinski definition) is 4. The largest absolute Gasteiger partial charge is 0.323 e. The van der Waals surface area contributed by atoms with E-state index in [1.807, 2.05) is 12.1 Å². The predicted molar refractivity (Wildman–Crippen MR) is 75.5 cm³/mol. The summed E-state index contributed by atoms with van der Waals surface area (Å²) in [4.78, 5) is 19.6. The molecule has 0 atom stereocenters. The Morgan fingerprint density at radius 2 is 2.10 bits per heavy atom. The molecule has 2 aromatic rings. The third kappa shape index (κ3) is 4.03. The summed E-state index contributed by atoms with van der Waals surface area (Å²) < 4.78 is 0. The van der Waals surface area contributed by atoms with Crippen LogP contribution in [0.3, 0.4) is 0 Å². The highest BCUT2D eigenvalue weighted by molar-refractivity contribution is 6.01. The van der Waals surface area contributed by atoms with Gasteiger partial charge in [-0.2, -0.15) is 5.26 Å². The lowest BCUT2D eigenvalue weighted by atomic mass is 10.1. The fraction of sp³-hybridized carbons (Fsp3) is 0.0667. The molecule has 0 fully saturated rings. The van der Waals surface area contributed by atoms with Gasteiger partial charge in [-0.3, -0.25) is 14.8 Å². The Labute approximate surface area is 116 Å². The molecule has 1 amide bonds. The number of benzene rings is 1. The average Bonchev–Trinajstić information content (AvgIpc) is 2.49. The van der Waals surface area contributed by atoms with E-state index in [-0.39, 0.29) is 5.91 Å². The molecule has 1 N–H and O–H groups in total. The molecule has 1 heterocycles. The predicted octanol–water partition coefficient (Wildman–Crippen LogP) is 2.19. The van der Waals surface area contributed by atoms with Crippen molar-refractivity contribution < 1.29 is 4.79 Å². The summed E-state index contributed by atoms with van der Waals surface area (Å²) in [5.41, 5.74) is 2.22. The topological polar surface area (TPSA) is 78.7 Å². The number of anilines is 1. The zero-order valence-electron chi connectivity index (χ0n) is 10.7. The van der Waals surface area contributed by atoms with Gasteiger partial charge in [0, 0.05) is 24.2 Å². The first-order chi connectivity index (χ1) is 9.78. The standard InChI is InChI=1S/C15H12N4O/c16-8-7-12-1-3-13(4-2-12)19-15(20)6-5-14-11-17-9-10-18-14/h1-6,9-11H,7H2,(H,19,20)/b6-5+. The van der Waals surface area contributed by atoms with Crippen LogP contribution in [0.25, 0.3) is 6.08 Å². The molecule has 0 bridgehead atoms. The van der Waals surface area contributed by atoms with Crippen LogP contribution in [-0.4, -0.2) is 15.9 Å². The molecule has 5 heteroatoms. The summed E-state index contributed by atoms with van der Waals surface area (Å²) >= 11 is 0. The second-order valence-corrected chi connectivity index (χ2v) is 3.98. The first-order valence-corrected chi connectivity index (χ1v) is 5.99. The summed E-state index contributed by atoms with van der Waals surface area (Å²) in [6, 6.07) is 9.22. The van der Waals surface area contributed by atoms with Crippen molar-refractivity contribution in [2.45, 2.75) is 6.42 Å². The first kappa shape index (κ1) is 13.4. The summed E-state index contributed by atoms with van der Waals surface area (Å²) in [5.74, 6) is -0.247. The third-order valence-electron chi connectivity index (χ3n) is 2.49. The highest BCUT2D eigenvalue weighted by Crippen LogP contribution is 2.10. The molecule has 2 rings (SSSR count). The summed E-state index contributed by atoms with van der Waals surface area (Å²) in [5, 5.41) is 11.3. The molecule has 0 saturated carbocycles. The van der Waals surface area contributed by atoms with Gasteiger partial charge in [-0.25, -0.2) is 0 Å². The van der Waals surface area contributed by atoms with Crippen molar-refractivity contribution >= 4 is 17.7 Å². The Hall–Kier alpha value is -3.00.